The summed E-state index contributed by atoms with van der Waals surface area (Å²) in [6.45, 7) is 2.54. The summed E-state index contributed by atoms with van der Waals surface area (Å²) in [6, 6.07) is 22.5. The minimum absolute atomic E-state index is 0.0106. The van der Waals surface area contributed by atoms with E-state index in [1.807, 2.05) is 61.5 Å². The summed E-state index contributed by atoms with van der Waals surface area (Å²) >= 11 is 1.37. The SMILES string of the molecule is Cc1cc(-c2ccccc2)nc(SCC(=O)NC[C@@H](c2ccccc2)[NH+](C)C)n1. The predicted molar refractivity (Wildman–Crippen MR) is 118 cm³/mol. The van der Waals surface area contributed by atoms with Crippen LogP contribution in [0, 0.1) is 6.92 Å². The van der Waals surface area contributed by atoms with Gasteiger partial charge in [-0.15, -0.1) is 0 Å². The third kappa shape index (κ3) is 6.14. The second-order valence-corrected chi connectivity index (χ2v) is 8.12. The molecule has 0 bridgehead atoms. The highest BCUT2D eigenvalue weighted by molar-refractivity contribution is 7.99. The van der Waals surface area contributed by atoms with Crippen molar-refractivity contribution in [1.82, 2.24) is 15.3 Å². The van der Waals surface area contributed by atoms with Crippen LogP contribution >= 0.6 is 11.8 Å². The van der Waals surface area contributed by atoms with Gasteiger partial charge in [-0.1, -0.05) is 72.4 Å². The Morgan fingerprint density at radius 2 is 1.69 bits per heavy atom. The molecule has 2 aromatic carbocycles. The van der Waals surface area contributed by atoms with Crippen LogP contribution in [-0.2, 0) is 4.79 Å². The van der Waals surface area contributed by atoms with Crippen LogP contribution < -0.4 is 10.2 Å². The lowest BCUT2D eigenvalue weighted by molar-refractivity contribution is -0.890. The third-order valence-electron chi connectivity index (χ3n) is 4.64. The lowest BCUT2D eigenvalue weighted by Crippen LogP contribution is -3.07. The number of hydrogen-bond acceptors (Lipinski definition) is 4. The second kappa shape index (κ2) is 10.2. The van der Waals surface area contributed by atoms with E-state index in [4.69, 9.17) is 0 Å². The molecule has 0 aliphatic rings. The van der Waals surface area contributed by atoms with Gasteiger partial charge in [0.05, 0.1) is 32.1 Å². The van der Waals surface area contributed by atoms with Crippen LogP contribution in [0.25, 0.3) is 11.3 Å². The first kappa shape index (κ1) is 21.0. The number of carbonyl (C=O) groups is 1. The lowest BCUT2D eigenvalue weighted by Gasteiger charge is -2.22. The molecule has 150 valence electrons. The highest BCUT2D eigenvalue weighted by Gasteiger charge is 2.18. The van der Waals surface area contributed by atoms with Crippen molar-refractivity contribution in [3.8, 4) is 11.3 Å². The van der Waals surface area contributed by atoms with E-state index in [9.17, 15) is 4.79 Å². The van der Waals surface area contributed by atoms with E-state index in [0.29, 0.717) is 17.5 Å². The van der Waals surface area contributed by atoms with Crippen molar-refractivity contribution in [1.29, 1.82) is 0 Å². The van der Waals surface area contributed by atoms with Gasteiger partial charge in [-0.2, -0.15) is 0 Å². The maximum absolute atomic E-state index is 12.4. The summed E-state index contributed by atoms with van der Waals surface area (Å²) in [5, 5.41) is 3.68. The van der Waals surface area contributed by atoms with Crippen molar-refractivity contribution in [3.05, 3.63) is 78.0 Å². The van der Waals surface area contributed by atoms with Crippen LogP contribution in [0.3, 0.4) is 0 Å². The van der Waals surface area contributed by atoms with Crippen molar-refractivity contribution in [3.63, 3.8) is 0 Å². The van der Waals surface area contributed by atoms with E-state index >= 15 is 0 Å². The molecule has 1 heterocycles. The summed E-state index contributed by atoms with van der Waals surface area (Å²) in [5.41, 5.74) is 4.03. The van der Waals surface area contributed by atoms with Crippen LogP contribution in [0.2, 0.25) is 0 Å². The van der Waals surface area contributed by atoms with Gasteiger partial charge in [0.25, 0.3) is 0 Å². The zero-order chi connectivity index (χ0) is 20.6. The molecule has 1 amide bonds. The number of amides is 1. The van der Waals surface area contributed by atoms with Gasteiger partial charge in [0.1, 0.15) is 6.04 Å². The zero-order valence-electron chi connectivity index (χ0n) is 17.1. The average molecular weight is 408 g/mol. The van der Waals surface area contributed by atoms with E-state index < -0.39 is 0 Å². The molecule has 3 rings (SSSR count). The Labute approximate surface area is 176 Å². The van der Waals surface area contributed by atoms with Gasteiger partial charge in [-0.25, -0.2) is 9.97 Å². The summed E-state index contributed by atoms with van der Waals surface area (Å²) in [7, 11) is 4.20. The molecule has 0 aliphatic carbocycles. The molecule has 1 aromatic heterocycles. The van der Waals surface area contributed by atoms with Crippen molar-refractivity contribution in [2.45, 2.75) is 18.1 Å². The minimum Gasteiger partial charge on any atom is -0.349 e. The largest absolute Gasteiger partial charge is 0.349 e. The number of nitrogens with one attached hydrogen (secondary N) is 2. The number of aryl methyl sites for hydroxylation is 1. The van der Waals surface area contributed by atoms with E-state index in [1.165, 1.54) is 22.2 Å². The molecule has 5 nitrogen and oxygen atoms in total. The number of benzene rings is 2. The monoisotopic (exact) mass is 407 g/mol. The molecule has 0 spiro atoms. The van der Waals surface area contributed by atoms with Crippen LogP contribution in [0.15, 0.2) is 71.9 Å². The first-order chi connectivity index (χ1) is 14.0. The number of rotatable bonds is 8. The van der Waals surface area contributed by atoms with Crippen molar-refractivity contribution < 1.29 is 9.69 Å². The highest BCUT2D eigenvalue weighted by Crippen LogP contribution is 2.21. The summed E-state index contributed by atoms with van der Waals surface area (Å²) in [4.78, 5) is 22.8. The Morgan fingerprint density at radius 3 is 2.34 bits per heavy atom. The van der Waals surface area contributed by atoms with Gasteiger partial charge in [-0.3, -0.25) is 4.79 Å². The Bertz CT molecular complexity index is 932. The summed E-state index contributed by atoms with van der Waals surface area (Å²) < 4.78 is 0. The fourth-order valence-electron chi connectivity index (χ4n) is 3.10. The van der Waals surface area contributed by atoms with Crippen LogP contribution in [-0.4, -0.2) is 42.3 Å². The maximum Gasteiger partial charge on any atom is 0.230 e. The highest BCUT2D eigenvalue weighted by atomic mass is 32.2. The molecule has 0 aliphatic heterocycles. The van der Waals surface area contributed by atoms with Crippen LogP contribution in [0.4, 0.5) is 0 Å². The first-order valence-electron chi connectivity index (χ1n) is 9.68. The first-order valence-corrected chi connectivity index (χ1v) is 10.7. The molecule has 0 radical (unpaired) electrons. The van der Waals surface area contributed by atoms with Crippen LogP contribution in [0.1, 0.15) is 17.3 Å². The Hall–Kier alpha value is -2.70. The zero-order valence-corrected chi connectivity index (χ0v) is 17.9. The quantitative estimate of drug-likeness (QED) is 0.445. The fraction of sp³-hybridized carbons (Fsp3) is 0.261. The molecule has 2 N–H and O–H groups in total. The number of nitrogens with zero attached hydrogens (tertiary/aromatic N) is 2. The maximum atomic E-state index is 12.4. The number of carbonyl (C=O) groups excluding carboxylic acids is 1. The molecule has 6 heteroatoms. The molecule has 0 fully saturated rings. The van der Waals surface area contributed by atoms with E-state index in [0.717, 1.165) is 17.0 Å². The molecule has 3 aromatic rings. The van der Waals surface area contributed by atoms with Gasteiger partial charge in [0, 0.05) is 16.8 Å². The lowest BCUT2D eigenvalue weighted by atomic mass is 10.1. The smallest absolute Gasteiger partial charge is 0.230 e. The summed E-state index contributed by atoms with van der Waals surface area (Å²) in [5.74, 6) is 0.283. The number of likely N-dealkylation sites (N-methyl/N-ethyl adjacent to an activating group) is 1. The number of quaternary nitrogens is 1. The van der Waals surface area contributed by atoms with Gasteiger partial charge in [-0.05, 0) is 13.0 Å². The van der Waals surface area contributed by atoms with Gasteiger partial charge in [0.2, 0.25) is 5.91 Å². The number of thioether (sulfide) groups is 1. The molecular weight excluding hydrogens is 380 g/mol. The van der Waals surface area contributed by atoms with Gasteiger partial charge in [0.15, 0.2) is 5.16 Å². The summed E-state index contributed by atoms with van der Waals surface area (Å²) in [6.07, 6.45) is 0. The van der Waals surface area contributed by atoms with E-state index in [1.54, 1.807) is 0 Å². The third-order valence-corrected chi connectivity index (χ3v) is 5.49. The number of aromatic nitrogens is 2. The van der Waals surface area contributed by atoms with E-state index in [2.05, 4.69) is 41.5 Å². The molecular formula is C23H27N4OS+. The molecule has 0 saturated carbocycles. The minimum atomic E-state index is -0.0106. The fourth-order valence-corrected chi connectivity index (χ4v) is 3.83. The Balaban J connectivity index is 1.59. The van der Waals surface area contributed by atoms with E-state index in [-0.39, 0.29) is 11.9 Å². The molecule has 1 atom stereocenters. The van der Waals surface area contributed by atoms with Crippen LogP contribution in [0.5, 0.6) is 0 Å². The van der Waals surface area contributed by atoms with Crippen molar-refractivity contribution >= 4 is 17.7 Å². The van der Waals surface area contributed by atoms with Gasteiger partial charge >= 0.3 is 0 Å². The molecule has 29 heavy (non-hydrogen) atoms. The van der Waals surface area contributed by atoms with Crippen molar-refractivity contribution in [2.75, 3.05) is 26.4 Å². The Morgan fingerprint density at radius 1 is 1.03 bits per heavy atom. The second-order valence-electron chi connectivity index (χ2n) is 7.18. The average Bonchev–Trinajstić information content (AvgIpc) is 2.73. The molecule has 0 saturated heterocycles. The van der Waals surface area contributed by atoms with Crippen molar-refractivity contribution in [2.24, 2.45) is 0 Å². The van der Waals surface area contributed by atoms with Gasteiger partial charge < -0.3 is 10.2 Å². The normalized spacial score (nSPS) is 12.0. The number of hydrogen-bond donors (Lipinski definition) is 2. The Kier molecular flexibility index (Phi) is 7.38. The predicted octanol–water partition coefficient (Wildman–Crippen LogP) is 2.55. The topological polar surface area (TPSA) is 59.3 Å². The standard InChI is InChI=1S/C23H26N4OS/c1-17-14-20(18-10-6-4-7-11-18)26-23(25-17)29-16-22(28)24-15-21(27(2)3)19-12-8-5-9-13-19/h4-14,21H,15-16H2,1-3H3,(H,24,28)/p+1/t21-/m0/s1. The molecule has 0 unspecified atom stereocenters.